The van der Waals surface area contributed by atoms with E-state index in [0.29, 0.717) is 65.0 Å². The average molecular weight is 633 g/mol. The molecule has 252 valence electrons. The Kier molecular flexibility index (Phi) is 12.2. The van der Waals surface area contributed by atoms with E-state index in [2.05, 4.69) is 23.4 Å². The number of nitrogens with one attached hydrogen (secondary N) is 1. The minimum Gasteiger partial charge on any atom is -0.460 e. The van der Waals surface area contributed by atoms with Crippen molar-refractivity contribution >= 4 is 23.7 Å². The minimum atomic E-state index is -1.20. The van der Waals surface area contributed by atoms with Crippen LogP contribution in [0.15, 0.2) is 25.3 Å². The van der Waals surface area contributed by atoms with Crippen molar-refractivity contribution in [2.75, 3.05) is 59.1 Å². The monoisotopic (exact) mass is 632 g/mol. The number of aliphatic hydroxyl groups excluding tert-OH is 1. The molecule has 0 aliphatic carbocycles. The maximum absolute atomic E-state index is 14.6. The highest BCUT2D eigenvalue weighted by molar-refractivity contribution is 5.98. The minimum absolute atomic E-state index is 0.136. The van der Waals surface area contributed by atoms with Crippen molar-refractivity contribution in [2.45, 2.75) is 82.8 Å². The van der Waals surface area contributed by atoms with Gasteiger partial charge in [0, 0.05) is 39.1 Å². The van der Waals surface area contributed by atoms with Gasteiger partial charge in [-0.25, -0.2) is 0 Å². The Balaban J connectivity index is 1.58. The van der Waals surface area contributed by atoms with Crippen molar-refractivity contribution in [1.82, 2.24) is 20.0 Å². The Labute approximate surface area is 267 Å². The Bertz CT molecular complexity index is 1090. The van der Waals surface area contributed by atoms with Crippen LogP contribution in [-0.4, -0.2) is 132 Å². The highest BCUT2D eigenvalue weighted by Gasteiger charge is 2.75. The molecule has 12 heteroatoms. The number of carbonyl (C=O) groups excluding carboxylic acids is 4. The van der Waals surface area contributed by atoms with E-state index in [1.807, 2.05) is 13.8 Å². The standard InChI is InChI=1S/C33H52N4O8/c1-6-8-9-26(39)34-20-23(5)44-32(42)27-25-10-11-33(45-25)28(27)30(40)37(24(21-38)19-22(3)4)29(33)31(41)36(12-7-2)14-13-35-15-17-43-18-16-35/h6-7,22-25,27-29,38H,1-2,8-21H2,3-5H3,(H,34,39)/t23-,24-,25+,27-,28-,29+,33-/m1/s1. The van der Waals surface area contributed by atoms with Crippen molar-refractivity contribution < 1.29 is 38.5 Å². The van der Waals surface area contributed by atoms with Crippen molar-refractivity contribution in [3.8, 4) is 0 Å². The molecule has 7 atom stereocenters. The summed E-state index contributed by atoms with van der Waals surface area (Å²) in [6, 6.07) is -1.60. The summed E-state index contributed by atoms with van der Waals surface area (Å²) in [5, 5.41) is 13.3. The summed E-state index contributed by atoms with van der Waals surface area (Å²) in [6.07, 6.45) is 4.45. The van der Waals surface area contributed by atoms with Crippen LogP contribution in [0.5, 0.6) is 0 Å². The molecule has 0 unspecified atom stereocenters. The predicted octanol–water partition coefficient (Wildman–Crippen LogP) is 1.13. The Morgan fingerprint density at radius 3 is 2.58 bits per heavy atom. The normalized spacial score (nSPS) is 28.9. The van der Waals surface area contributed by atoms with Crippen LogP contribution < -0.4 is 5.32 Å². The van der Waals surface area contributed by atoms with Crippen LogP contribution >= 0.6 is 0 Å². The fourth-order valence-electron chi connectivity index (χ4n) is 7.46. The average Bonchev–Trinajstić information content (AvgIpc) is 3.67. The number of esters is 1. The van der Waals surface area contributed by atoms with Crippen LogP contribution in [0.2, 0.25) is 0 Å². The number of morpholine rings is 1. The molecule has 2 N–H and O–H groups in total. The molecule has 4 heterocycles. The smallest absolute Gasteiger partial charge is 0.312 e. The molecule has 1 spiro atoms. The molecule has 0 radical (unpaired) electrons. The third kappa shape index (κ3) is 7.61. The van der Waals surface area contributed by atoms with Crippen molar-refractivity contribution in [3.05, 3.63) is 25.3 Å². The first kappa shape index (κ1) is 35.1. The Hall–Kier alpha value is -2.80. The molecule has 2 bridgehead atoms. The quantitative estimate of drug-likeness (QED) is 0.179. The number of likely N-dealkylation sites (tertiary alicyclic amines) is 1. The van der Waals surface area contributed by atoms with Gasteiger partial charge < -0.3 is 34.4 Å². The molecule has 4 aliphatic heterocycles. The lowest BCUT2D eigenvalue weighted by atomic mass is 9.70. The van der Waals surface area contributed by atoms with Crippen molar-refractivity contribution in [2.24, 2.45) is 17.8 Å². The number of hydrogen-bond donors (Lipinski definition) is 2. The lowest BCUT2D eigenvalue weighted by molar-refractivity contribution is -0.160. The molecule has 0 saturated carbocycles. The number of ether oxygens (including phenoxy) is 3. The maximum atomic E-state index is 14.6. The van der Waals surface area contributed by atoms with Crippen molar-refractivity contribution in [3.63, 3.8) is 0 Å². The molecular weight excluding hydrogens is 580 g/mol. The van der Waals surface area contributed by atoms with Crippen molar-refractivity contribution in [1.29, 1.82) is 0 Å². The topological polar surface area (TPSA) is 138 Å². The highest BCUT2D eigenvalue weighted by atomic mass is 16.6. The molecule has 12 nitrogen and oxygen atoms in total. The Morgan fingerprint density at radius 1 is 1.20 bits per heavy atom. The largest absolute Gasteiger partial charge is 0.460 e. The van der Waals surface area contributed by atoms with Gasteiger partial charge in [-0.1, -0.05) is 26.0 Å². The first-order valence-electron chi connectivity index (χ1n) is 16.5. The molecule has 3 amide bonds. The van der Waals surface area contributed by atoms with Gasteiger partial charge in [0.2, 0.25) is 17.7 Å². The summed E-state index contributed by atoms with van der Waals surface area (Å²) >= 11 is 0. The molecule has 0 aromatic heterocycles. The van der Waals surface area contributed by atoms with E-state index in [1.165, 1.54) is 4.90 Å². The number of fused-ring (bicyclic) bond motifs is 1. The summed E-state index contributed by atoms with van der Waals surface area (Å²) in [4.78, 5) is 60.2. The van der Waals surface area contributed by atoms with Gasteiger partial charge in [0.15, 0.2) is 0 Å². The van der Waals surface area contributed by atoms with Crippen LogP contribution in [0.3, 0.4) is 0 Å². The third-order valence-electron chi connectivity index (χ3n) is 9.52. The fraction of sp³-hybridized carbons (Fsp3) is 0.758. The number of rotatable bonds is 17. The molecule has 4 rings (SSSR count). The van der Waals surface area contributed by atoms with E-state index >= 15 is 0 Å². The van der Waals surface area contributed by atoms with Crippen LogP contribution in [0, 0.1) is 17.8 Å². The van der Waals surface area contributed by atoms with Gasteiger partial charge in [-0.2, -0.15) is 0 Å². The molecule has 4 saturated heterocycles. The van der Waals surface area contributed by atoms with E-state index in [0.717, 1.165) is 13.1 Å². The van der Waals surface area contributed by atoms with Gasteiger partial charge in [-0.05, 0) is 38.5 Å². The number of allylic oxidation sites excluding steroid dienone is 1. The predicted molar refractivity (Wildman–Crippen MR) is 167 cm³/mol. The first-order valence-corrected chi connectivity index (χ1v) is 16.5. The van der Waals surface area contributed by atoms with Gasteiger partial charge in [0.05, 0.1) is 50.3 Å². The first-order chi connectivity index (χ1) is 21.6. The highest BCUT2D eigenvalue weighted by Crippen LogP contribution is 2.59. The third-order valence-corrected chi connectivity index (χ3v) is 9.52. The van der Waals surface area contributed by atoms with Crippen LogP contribution in [0.4, 0.5) is 0 Å². The van der Waals surface area contributed by atoms with Crippen LogP contribution in [0.1, 0.15) is 52.9 Å². The lowest BCUT2D eigenvalue weighted by Crippen LogP contribution is -2.59. The lowest BCUT2D eigenvalue weighted by Gasteiger charge is -2.40. The zero-order chi connectivity index (χ0) is 32.7. The van der Waals surface area contributed by atoms with E-state index in [4.69, 9.17) is 14.2 Å². The maximum Gasteiger partial charge on any atom is 0.312 e. The van der Waals surface area contributed by atoms with Gasteiger partial charge in [0.25, 0.3) is 0 Å². The van der Waals surface area contributed by atoms with Crippen LogP contribution in [-0.2, 0) is 33.4 Å². The van der Waals surface area contributed by atoms with Gasteiger partial charge in [0.1, 0.15) is 17.7 Å². The number of carbonyl (C=O) groups is 4. The summed E-state index contributed by atoms with van der Waals surface area (Å²) in [5.74, 6) is -2.99. The van der Waals surface area contributed by atoms with E-state index in [1.54, 1.807) is 24.0 Å². The van der Waals surface area contributed by atoms with E-state index < -0.39 is 47.7 Å². The van der Waals surface area contributed by atoms with Gasteiger partial charge >= 0.3 is 5.97 Å². The second kappa shape index (κ2) is 15.7. The molecule has 45 heavy (non-hydrogen) atoms. The number of aliphatic hydroxyl groups is 1. The number of nitrogens with zero attached hydrogens (tertiary/aromatic N) is 3. The SMILES string of the molecule is C=CCCC(=O)NC[C@@H](C)OC(=O)[C@@H]1[C@@H]2CC[C@]3(O2)[C@H](C(=O)N(CC=C)CCN2CCOCC2)N([C@@H](CO)CC(C)C)C(=O)[C@@H]13. The number of hydrogen-bond acceptors (Lipinski definition) is 9. The Morgan fingerprint density at radius 2 is 1.93 bits per heavy atom. The summed E-state index contributed by atoms with van der Waals surface area (Å²) in [5.41, 5.74) is -1.20. The van der Waals surface area contributed by atoms with E-state index in [-0.39, 0.29) is 36.8 Å². The zero-order valence-corrected chi connectivity index (χ0v) is 27.2. The fourth-order valence-corrected chi connectivity index (χ4v) is 7.46. The number of amides is 3. The van der Waals surface area contributed by atoms with Crippen LogP contribution in [0.25, 0.3) is 0 Å². The molecule has 0 aromatic carbocycles. The molecule has 0 aromatic rings. The van der Waals surface area contributed by atoms with Gasteiger partial charge in [-0.15, -0.1) is 13.2 Å². The second-order valence-corrected chi connectivity index (χ2v) is 13.2. The summed E-state index contributed by atoms with van der Waals surface area (Å²) in [6.45, 7) is 17.2. The zero-order valence-electron chi connectivity index (χ0n) is 27.2. The van der Waals surface area contributed by atoms with E-state index in [9.17, 15) is 24.3 Å². The summed E-state index contributed by atoms with van der Waals surface area (Å²) in [7, 11) is 0. The second-order valence-electron chi connectivity index (χ2n) is 13.2. The molecule has 4 aliphatic rings. The molecular formula is C33H52N4O8. The molecule has 4 fully saturated rings. The summed E-state index contributed by atoms with van der Waals surface area (Å²) < 4.78 is 17.8. The van der Waals surface area contributed by atoms with Gasteiger partial charge in [-0.3, -0.25) is 24.1 Å².